The number of rotatable bonds is 3. The Morgan fingerprint density at radius 3 is 2.80 bits per heavy atom. The molecule has 1 saturated heterocycles. The second kappa shape index (κ2) is 3.99. The second-order valence-corrected chi connectivity index (χ2v) is 4.74. The molecule has 0 radical (unpaired) electrons. The number of hydrogen-bond donors (Lipinski definition) is 1. The molecule has 0 atom stereocenters. The zero-order valence-electron chi connectivity index (χ0n) is 8.91. The number of aromatic nitrogens is 1. The molecular weight excluding hydrogens is 210 g/mol. The van der Waals surface area contributed by atoms with Gasteiger partial charge in [0.05, 0.1) is 10.6 Å². The fraction of sp³-hybridized carbons (Fsp3) is 0.545. The predicted octanol–water partition coefficient (Wildman–Crippen LogP) is 2.05. The average Bonchev–Trinajstić information content (AvgIpc) is 2.16. The number of anilines is 1. The summed E-state index contributed by atoms with van der Waals surface area (Å²) in [4.78, 5) is 6.45. The van der Waals surface area contributed by atoms with Gasteiger partial charge in [-0.15, -0.1) is 0 Å². The van der Waals surface area contributed by atoms with Crippen LogP contribution in [-0.4, -0.2) is 23.6 Å². The molecule has 1 aromatic heterocycles. The highest BCUT2D eigenvalue weighted by molar-refractivity contribution is 6.30. The minimum absolute atomic E-state index is 0.00390. The lowest BCUT2D eigenvalue weighted by Gasteiger charge is -2.48. The number of halogens is 1. The first-order valence-electron chi connectivity index (χ1n) is 5.28. The summed E-state index contributed by atoms with van der Waals surface area (Å²) in [5, 5.41) is 0.673. The smallest absolute Gasteiger partial charge is 0.128 e. The average molecular weight is 226 g/mol. The van der Waals surface area contributed by atoms with Gasteiger partial charge in [-0.3, -0.25) is 0 Å². The van der Waals surface area contributed by atoms with Gasteiger partial charge in [0.15, 0.2) is 0 Å². The Morgan fingerprint density at radius 2 is 2.27 bits per heavy atom. The lowest BCUT2D eigenvalue weighted by Crippen LogP contribution is -2.67. The van der Waals surface area contributed by atoms with Crippen molar-refractivity contribution in [1.82, 2.24) is 4.98 Å². The summed E-state index contributed by atoms with van der Waals surface area (Å²) in [5.41, 5.74) is 6.17. The van der Waals surface area contributed by atoms with Crippen LogP contribution < -0.4 is 10.6 Å². The van der Waals surface area contributed by atoms with E-state index < -0.39 is 0 Å². The van der Waals surface area contributed by atoms with Crippen molar-refractivity contribution in [3.63, 3.8) is 0 Å². The molecule has 4 heteroatoms. The maximum absolute atomic E-state index is 6.18. The van der Waals surface area contributed by atoms with Crippen LogP contribution in [0.4, 0.5) is 5.82 Å². The Labute approximate surface area is 95.2 Å². The summed E-state index contributed by atoms with van der Waals surface area (Å²) in [7, 11) is 0. The predicted molar refractivity (Wildman–Crippen MR) is 63.3 cm³/mol. The van der Waals surface area contributed by atoms with Crippen molar-refractivity contribution >= 4 is 17.4 Å². The van der Waals surface area contributed by atoms with Crippen molar-refractivity contribution in [2.75, 3.05) is 18.0 Å². The number of pyridine rings is 1. The summed E-state index contributed by atoms with van der Waals surface area (Å²) >= 11 is 5.78. The van der Waals surface area contributed by atoms with E-state index in [2.05, 4.69) is 16.8 Å². The van der Waals surface area contributed by atoms with Gasteiger partial charge in [-0.05, 0) is 18.6 Å². The third-order valence-electron chi connectivity index (χ3n) is 2.80. The van der Waals surface area contributed by atoms with Gasteiger partial charge in [-0.2, -0.15) is 0 Å². The van der Waals surface area contributed by atoms with Gasteiger partial charge in [0.25, 0.3) is 0 Å². The third kappa shape index (κ3) is 2.24. The monoisotopic (exact) mass is 225 g/mol. The van der Waals surface area contributed by atoms with Crippen LogP contribution in [0, 0.1) is 0 Å². The lowest BCUT2D eigenvalue weighted by atomic mass is 9.86. The van der Waals surface area contributed by atoms with Crippen LogP contribution in [0.25, 0.3) is 0 Å². The van der Waals surface area contributed by atoms with Gasteiger partial charge in [0, 0.05) is 19.3 Å². The molecule has 1 aliphatic heterocycles. The van der Waals surface area contributed by atoms with E-state index in [0.717, 1.165) is 31.7 Å². The highest BCUT2D eigenvalue weighted by atomic mass is 35.5. The SMILES string of the molecule is CCCC1(N)CN(c2ccc(Cl)cn2)C1. The molecule has 0 amide bonds. The molecule has 3 nitrogen and oxygen atoms in total. The molecule has 1 aliphatic rings. The number of nitrogens with two attached hydrogens (primary N) is 1. The van der Waals surface area contributed by atoms with Crippen LogP contribution in [0.1, 0.15) is 19.8 Å². The summed E-state index contributed by atoms with van der Waals surface area (Å²) in [6.45, 7) is 3.96. The molecular formula is C11H16ClN3. The van der Waals surface area contributed by atoms with E-state index in [1.54, 1.807) is 6.20 Å². The van der Waals surface area contributed by atoms with E-state index in [1.165, 1.54) is 0 Å². The molecule has 0 saturated carbocycles. The Morgan fingerprint density at radius 1 is 1.53 bits per heavy atom. The van der Waals surface area contributed by atoms with Gasteiger partial charge < -0.3 is 10.6 Å². The molecule has 0 aromatic carbocycles. The van der Waals surface area contributed by atoms with Crippen LogP contribution in [0.15, 0.2) is 18.3 Å². The Balaban J connectivity index is 1.97. The van der Waals surface area contributed by atoms with Crippen molar-refractivity contribution in [1.29, 1.82) is 0 Å². The van der Waals surface area contributed by atoms with Crippen LogP contribution in [0.5, 0.6) is 0 Å². The first-order valence-corrected chi connectivity index (χ1v) is 5.66. The maximum atomic E-state index is 6.18. The zero-order chi connectivity index (χ0) is 10.9. The van der Waals surface area contributed by atoms with Crippen molar-refractivity contribution < 1.29 is 0 Å². The molecule has 1 aromatic rings. The van der Waals surface area contributed by atoms with Gasteiger partial charge in [0.2, 0.25) is 0 Å². The maximum Gasteiger partial charge on any atom is 0.128 e. The van der Waals surface area contributed by atoms with E-state index in [4.69, 9.17) is 17.3 Å². The number of nitrogens with zero attached hydrogens (tertiary/aromatic N) is 2. The van der Waals surface area contributed by atoms with E-state index >= 15 is 0 Å². The third-order valence-corrected chi connectivity index (χ3v) is 3.02. The van der Waals surface area contributed by atoms with Gasteiger partial charge in [-0.1, -0.05) is 24.9 Å². The fourth-order valence-corrected chi connectivity index (χ4v) is 2.20. The highest BCUT2D eigenvalue weighted by Crippen LogP contribution is 2.27. The van der Waals surface area contributed by atoms with E-state index in [0.29, 0.717) is 5.02 Å². The first-order chi connectivity index (χ1) is 7.13. The molecule has 0 bridgehead atoms. The first kappa shape index (κ1) is 10.7. The molecule has 0 unspecified atom stereocenters. The minimum Gasteiger partial charge on any atom is -0.353 e. The van der Waals surface area contributed by atoms with Crippen molar-refractivity contribution in [3.05, 3.63) is 23.4 Å². The Bertz CT molecular complexity index is 330. The summed E-state index contributed by atoms with van der Waals surface area (Å²) in [6, 6.07) is 3.80. The van der Waals surface area contributed by atoms with Crippen LogP contribution in [-0.2, 0) is 0 Å². The summed E-state index contributed by atoms with van der Waals surface area (Å²) in [6.07, 6.45) is 3.89. The van der Waals surface area contributed by atoms with Crippen molar-refractivity contribution in [3.8, 4) is 0 Å². The standard InChI is InChI=1S/C11H16ClN3/c1-2-5-11(13)7-15(8-11)10-4-3-9(12)6-14-10/h3-4,6H,2,5,7-8,13H2,1H3. The normalized spacial score (nSPS) is 18.7. The van der Waals surface area contributed by atoms with E-state index in [1.807, 2.05) is 12.1 Å². The highest BCUT2D eigenvalue weighted by Gasteiger charge is 2.38. The fourth-order valence-electron chi connectivity index (χ4n) is 2.09. The van der Waals surface area contributed by atoms with E-state index in [-0.39, 0.29) is 5.54 Å². The lowest BCUT2D eigenvalue weighted by molar-refractivity contribution is 0.306. The molecule has 1 fully saturated rings. The van der Waals surface area contributed by atoms with Gasteiger partial charge >= 0.3 is 0 Å². The van der Waals surface area contributed by atoms with Gasteiger partial charge in [0.1, 0.15) is 5.82 Å². The van der Waals surface area contributed by atoms with Crippen LogP contribution in [0.3, 0.4) is 0 Å². The Hall–Kier alpha value is -0.800. The molecule has 2 heterocycles. The molecule has 0 aliphatic carbocycles. The molecule has 82 valence electrons. The largest absolute Gasteiger partial charge is 0.353 e. The Kier molecular flexibility index (Phi) is 2.85. The van der Waals surface area contributed by atoms with Crippen molar-refractivity contribution in [2.24, 2.45) is 5.73 Å². The van der Waals surface area contributed by atoms with Gasteiger partial charge in [-0.25, -0.2) is 4.98 Å². The molecule has 2 rings (SSSR count). The van der Waals surface area contributed by atoms with Crippen LogP contribution >= 0.6 is 11.6 Å². The summed E-state index contributed by atoms with van der Waals surface area (Å²) < 4.78 is 0. The minimum atomic E-state index is -0.00390. The zero-order valence-corrected chi connectivity index (χ0v) is 9.67. The molecule has 15 heavy (non-hydrogen) atoms. The van der Waals surface area contributed by atoms with Crippen LogP contribution in [0.2, 0.25) is 5.02 Å². The molecule has 2 N–H and O–H groups in total. The molecule has 0 spiro atoms. The summed E-state index contributed by atoms with van der Waals surface area (Å²) in [5.74, 6) is 0.969. The second-order valence-electron chi connectivity index (χ2n) is 4.30. The quantitative estimate of drug-likeness (QED) is 0.856. The number of hydrogen-bond acceptors (Lipinski definition) is 3. The van der Waals surface area contributed by atoms with E-state index in [9.17, 15) is 0 Å². The topological polar surface area (TPSA) is 42.1 Å². The van der Waals surface area contributed by atoms with Crippen molar-refractivity contribution in [2.45, 2.75) is 25.3 Å².